The van der Waals surface area contributed by atoms with E-state index < -0.39 is 12.0 Å². The van der Waals surface area contributed by atoms with Crippen molar-refractivity contribution in [2.75, 3.05) is 18.8 Å². The van der Waals surface area contributed by atoms with Crippen molar-refractivity contribution in [3.05, 3.63) is 0 Å². The fourth-order valence-electron chi connectivity index (χ4n) is 1.71. The molecule has 94 valence electrons. The fraction of sp³-hybridized carbons (Fsp3) is 0.636. The standard InChI is InChI=1S/C11H16N2O3S/c1-4-6-12(5-2)11(16)13-8(3)17-7-9(13)10(14)15/h1,8-9H,5-7H2,2-3H3,(H,14,15). The van der Waals surface area contributed by atoms with E-state index in [1.807, 2.05) is 13.8 Å². The van der Waals surface area contributed by atoms with Gasteiger partial charge >= 0.3 is 12.0 Å². The summed E-state index contributed by atoms with van der Waals surface area (Å²) in [5, 5.41) is 8.94. The Bertz CT molecular complexity index is 353. The van der Waals surface area contributed by atoms with E-state index in [0.717, 1.165) is 0 Å². The predicted molar refractivity (Wildman–Crippen MR) is 66.7 cm³/mol. The van der Waals surface area contributed by atoms with Gasteiger partial charge < -0.3 is 10.0 Å². The highest BCUT2D eigenvalue weighted by atomic mass is 32.2. The van der Waals surface area contributed by atoms with Crippen molar-refractivity contribution in [3.63, 3.8) is 0 Å². The summed E-state index contributed by atoms with van der Waals surface area (Å²) in [6, 6.07) is -1.05. The van der Waals surface area contributed by atoms with Crippen molar-refractivity contribution in [1.82, 2.24) is 9.80 Å². The fourth-order valence-corrected chi connectivity index (χ4v) is 2.87. The molecule has 2 unspecified atom stereocenters. The van der Waals surface area contributed by atoms with E-state index in [1.54, 1.807) is 0 Å². The Balaban J connectivity index is 2.84. The van der Waals surface area contributed by atoms with Gasteiger partial charge in [-0.25, -0.2) is 9.59 Å². The molecule has 1 aliphatic rings. The number of aliphatic carboxylic acids is 1. The zero-order valence-corrected chi connectivity index (χ0v) is 10.7. The minimum atomic E-state index is -0.966. The van der Waals surface area contributed by atoms with E-state index in [0.29, 0.717) is 12.3 Å². The third-order valence-electron chi connectivity index (χ3n) is 2.66. The summed E-state index contributed by atoms with van der Waals surface area (Å²) in [5.41, 5.74) is 0. The molecule has 0 aromatic carbocycles. The zero-order valence-electron chi connectivity index (χ0n) is 9.92. The van der Waals surface area contributed by atoms with Gasteiger partial charge in [-0.05, 0) is 13.8 Å². The number of carbonyl (C=O) groups excluding carboxylic acids is 1. The maximum absolute atomic E-state index is 12.2. The average Bonchev–Trinajstić information content (AvgIpc) is 2.67. The van der Waals surface area contributed by atoms with Crippen LogP contribution in [-0.4, -0.2) is 57.2 Å². The summed E-state index contributed by atoms with van der Waals surface area (Å²) in [7, 11) is 0. The highest BCUT2D eigenvalue weighted by molar-refractivity contribution is 8.00. The van der Waals surface area contributed by atoms with E-state index in [1.165, 1.54) is 21.6 Å². The molecule has 1 rings (SSSR count). The normalized spacial score (nSPS) is 23.2. The minimum absolute atomic E-state index is 0.129. The summed E-state index contributed by atoms with van der Waals surface area (Å²) in [4.78, 5) is 26.1. The molecule has 1 fully saturated rings. The van der Waals surface area contributed by atoms with Gasteiger partial charge in [0, 0.05) is 12.3 Å². The largest absolute Gasteiger partial charge is 0.480 e. The number of terminal acetylenes is 1. The topological polar surface area (TPSA) is 60.9 Å². The number of nitrogens with zero attached hydrogens (tertiary/aromatic N) is 2. The molecule has 1 aliphatic heterocycles. The van der Waals surface area contributed by atoms with E-state index in [9.17, 15) is 9.59 Å². The molecular formula is C11H16N2O3S. The Hall–Kier alpha value is -1.35. The monoisotopic (exact) mass is 256 g/mol. The van der Waals surface area contributed by atoms with Crippen LogP contribution in [0.2, 0.25) is 0 Å². The lowest BCUT2D eigenvalue weighted by atomic mass is 10.3. The van der Waals surface area contributed by atoms with Crippen LogP contribution in [0.3, 0.4) is 0 Å². The zero-order chi connectivity index (χ0) is 13.0. The van der Waals surface area contributed by atoms with Gasteiger partial charge in [-0.2, -0.15) is 0 Å². The van der Waals surface area contributed by atoms with E-state index in [2.05, 4.69) is 5.92 Å². The third kappa shape index (κ3) is 2.86. The van der Waals surface area contributed by atoms with E-state index in [4.69, 9.17) is 11.5 Å². The smallest absolute Gasteiger partial charge is 0.327 e. The molecule has 6 heteroatoms. The Kier molecular flexibility index (Phi) is 4.70. The van der Waals surface area contributed by atoms with Crippen LogP contribution in [0.5, 0.6) is 0 Å². The van der Waals surface area contributed by atoms with Crippen LogP contribution in [0, 0.1) is 12.3 Å². The van der Waals surface area contributed by atoms with Crippen LogP contribution < -0.4 is 0 Å². The first-order chi connectivity index (χ1) is 8.02. The summed E-state index contributed by atoms with van der Waals surface area (Å²) in [6.07, 6.45) is 5.19. The van der Waals surface area contributed by atoms with E-state index >= 15 is 0 Å². The summed E-state index contributed by atoms with van der Waals surface area (Å²) in [6.45, 7) is 4.33. The molecule has 1 saturated heterocycles. The lowest BCUT2D eigenvalue weighted by molar-refractivity contribution is -0.141. The average molecular weight is 256 g/mol. The highest BCUT2D eigenvalue weighted by Crippen LogP contribution is 2.29. The van der Waals surface area contributed by atoms with Crippen LogP contribution in [0.15, 0.2) is 0 Å². The molecular weight excluding hydrogens is 240 g/mol. The molecule has 5 nitrogen and oxygen atoms in total. The maximum atomic E-state index is 12.2. The SMILES string of the molecule is C#CCN(CC)C(=O)N1C(C)SCC1C(=O)O. The Morgan fingerprint density at radius 1 is 1.65 bits per heavy atom. The molecule has 2 atom stereocenters. The number of carbonyl (C=O) groups is 2. The second-order valence-electron chi connectivity index (χ2n) is 3.69. The van der Waals surface area contributed by atoms with Gasteiger partial charge in [-0.1, -0.05) is 5.92 Å². The van der Waals surface area contributed by atoms with Crippen molar-refractivity contribution in [2.45, 2.75) is 25.3 Å². The Morgan fingerprint density at radius 3 is 2.76 bits per heavy atom. The number of thioether (sulfide) groups is 1. The summed E-state index contributed by atoms with van der Waals surface area (Å²) < 4.78 is 0. The van der Waals surface area contributed by atoms with Gasteiger partial charge in [0.1, 0.15) is 6.04 Å². The first-order valence-corrected chi connectivity index (χ1v) is 6.42. The quantitative estimate of drug-likeness (QED) is 0.762. The number of amides is 2. The van der Waals surface area contributed by atoms with Crippen LogP contribution in [0.25, 0.3) is 0 Å². The van der Waals surface area contributed by atoms with Gasteiger partial charge in [0.15, 0.2) is 0 Å². The molecule has 0 radical (unpaired) electrons. The number of rotatable bonds is 3. The molecule has 0 spiro atoms. The molecule has 0 bridgehead atoms. The number of hydrogen-bond acceptors (Lipinski definition) is 3. The highest BCUT2D eigenvalue weighted by Gasteiger charge is 2.40. The molecule has 0 aromatic heterocycles. The number of urea groups is 1. The third-order valence-corrected chi connectivity index (χ3v) is 3.88. The molecule has 0 aliphatic carbocycles. The second kappa shape index (κ2) is 5.82. The van der Waals surface area contributed by atoms with Crippen molar-refractivity contribution in [1.29, 1.82) is 0 Å². The van der Waals surface area contributed by atoms with Gasteiger partial charge in [0.05, 0.1) is 11.9 Å². The summed E-state index contributed by atoms with van der Waals surface area (Å²) >= 11 is 1.46. The van der Waals surface area contributed by atoms with Crippen LogP contribution in [-0.2, 0) is 4.79 Å². The number of carboxylic acid groups (broad SMARTS) is 1. The maximum Gasteiger partial charge on any atom is 0.327 e. The molecule has 0 saturated carbocycles. The van der Waals surface area contributed by atoms with Crippen molar-refractivity contribution < 1.29 is 14.7 Å². The minimum Gasteiger partial charge on any atom is -0.480 e. The van der Waals surface area contributed by atoms with Gasteiger partial charge in [-0.3, -0.25) is 4.90 Å². The van der Waals surface area contributed by atoms with Crippen LogP contribution in [0.1, 0.15) is 13.8 Å². The van der Waals surface area contributed by atoms with Gasteiger partial charge in [0.25, 0.3) is 0 Å². The molecule has 1 heterocycles. The number of hydrogen-bond donors (Lipinski definition) is 1. The van der Waals surface area contributed by atoms with Gasteiger partial charge in [0.2, 0.25) is 0 Å². The Labute approximate surface area is 105 Å². The Morgan fingerprint density at radius 2 is 2.29 bits per heavy atom. The lowest BCUT2D eigenvalue weighted by Crippen LogP contribution is -2.51. The van der Waals surface area contributed by atoms with Gasteiger partial charge in [-0.15, -0.1) is 18.2 Å². The van der Waals surface area contributed by atoms with Crippen molar-refractivity contribution in [3.8, 4) is 12.3 Å². The first-order valence-electron chi connectivity index (χ1n) is 5.38. The van der Waals surface area contributed by atoms with Crippen LogP contribution in [0.4, 0.5) is 4.79 Å². The molecule has 17 heavy (non-hydrogen) atoms. The molecule has 0 aromatic rings. The predicted octanol–water partition coefficient (Wildman–Crippen LogP) is 0.909. The van der Waals surface area contributed by atoms with Crippen LogP contribution >= 0.6 is 11.8 Å². The summed E-state index contributed by atoms with van der Waals surface area (Å²) in [5.74, 6) is 1.87. The van der Waals surface area contributed by atoms with E-state index in [-0.39, 0.29) is 17.9 Å². The second-order valence-corrected chi connectivity index (χ2v) is 5.04. The molecule has 1 N–H and O–H groups in total. The van der Waals surface area contributed by atoms with Crippen molar-refractivity contribution >= 4 is 23.8 Å². The molecule has 2 amide bonds. The number of carboxylic acids is 1. The van der Waals surface area contributed by atoms with Crippen molar-refractivity contribution in [2.24, 2.45) is 0 Å². The lowest BCUT2D eigenvalue weighted by Gasteiger charge is -2.30. The first kappa shape index (κ1) is 13.7.